The highest BCUT2D eigenvalue weighted by molar-refractivity contribution is 5.67. The molecule has 184 valence electrons. The zero-order valence-corrected chi connectivity index (χ0v) is 19.7. The molecule has 1 aliphatic rings. The number of aliphatic carboxylic acids is 1. The van der Waals surface area contributed by atoms with Gasteiger partial charge in [-0.15, -0.1) is 0 Å². The van der Waals surface area contributed by atoms with E-state index in [4.69, 9.17) is 19.3 Å². The van der Waals surface area contributed by atoms with Crippen molar-refractivity contribution >= 4 is 5.97 Å². The van der Waals surface area contributed by atoms with Crippen molar-refractivity contribution in [2.45, 2.75) is 57.7 Å². The second-order valence-corrected chi connectivity index (χ2v) is 8.57. The molecule has 1 N–H and O–H groups in total. The predicted molar refractivity (Wildman–Crippen MR) is 128 cm³/mol. The summed E-state index contributed by atoms with van der Waals surface area (Å²) >= 11 is 0. The SMILES string of the molecule is COc1ccc(F)c(-c2ncc(COc3cccc(CCC(=O)O)c3)nc2OC2CCCCC2)c1. The highest BCUT2D eigenvalue weighted by atomic mass is 19.1. The normalized spacial score (nSPS) is 13.9. The van der Waals surface area contributed by atoms with Gasteiger partial charge < -0.3 is 19.3 Å². The van der Waals surface area contributed by atoms with Gasteiger partial charge in [-0.25, -0.2) is 14.4 Å². The minimum Gasteiger partial charge on any atom is -0.497 e. The van der Waals surface area contributed by atoms with Crippen LogP contribution in [0.2, 0.25) is 0 Å². The molecular weight excluding hydrogens is 451 g/mol. The molecule has 0 amide bonds. The number of carbonyl (C=O) groups is 1. The molecule has 0 bridgehead atoms. The Balaban J connectivity index is 1.56. The second kappa shape index (κ2) is 11.6. The molecule has 1 aromatic heterocycles. The number of nitrogens with zero attached hydrogens (tertiary/aromatic N) is 2. The largest absolute Gasteiger partial charge is 0.497 e. The Morgan fingerprint density at radius 1 is 1.11 bits per heavy atom. The first-order valence-corrected chi connectivity index (χ1v) is 11.8. The van der Waals surface area contributed by atoms with Gasteiger partial charge in [-0.2, -0.15) is 0 Å². The average molecular weight is 481 g/mol. The molecule has 1 heterocycles. The number of carboxylic acid groups (broad SMARTS) is 1. The Morgan fingerprint density at radius 2 is 1.94 bits per heavy atom. The van der Waals surface area contributed by atoms with E-state index in [1.807, 2.05) is 18.2 Å². The predicted octanol–water partition coefficient (Wildman–Crippen LogP) is 5.60. The summed E-state index contributed by atoms with van der Waals surface area (Å²) in [4.78, 5) is 20.0. The van der Waals surface area contributed by atoms with Crippen molar-refractivity contribution < 1.29 is 28.5 Å². The molecule has 4 rings (SSSR count). The minimum atomic E-state index is -0.843. The van der Waals surface area contributed by atoms with Gasteiger partial charge in [-0.05, 0) is 68.0 Å². The summed E-state index contributed by atoms with van der Waals surface area (Å²) in [7, 11) is 1.53. The fraction of sp³-hybridized carbons (Fsp3) is 0.370. The Hall–Kier alpha value is -3.68. The van der Waals surface area contributed by atoms with Crippen LogP contribution in [0.3, 0.4) is 0 Å². The van der Waals surface area contributed by atoms with Crippen molar-refractivity contribution in [2.75, 3.05) is 7.11 Å². The summed E-state index contributed by atoms with van der Waals surface area (Å²) in [5.74, 6) is 0.121. The summed E-state index contributed by atoms with van der Waals surface area (Å²) in [6.07, 6.45) is 7.23. The smallest absolute Gasteiger partial charge is 0.303 e. The lowest BCUT2D eigenvalue weighted by Crippen LogP contribution is -2.21. The molecule has 8 heteroatoms. The molecule has 0 atom stereocenters. The number of hydrogen-bond donors (Lipinski definition) is 1. The monoisotopic (exact) mass is 480 g/mol. The third-order valence-corrected chi connectivity index (χ3v) is 5.96. The van der Waals surface area contributed by atoms with Crippen LogP contribution in [0.15, 0.2) is 48.7 Å². The lowest BCUT2D eigenvalue weighted by Gasteiger charge is -2.23. The third-order valence-electron chi connectivity index (χ3n) is 5.96. The molecule has 7 nitrogen and oxygen atoms in total. The van der Waals surface area contributed by atoms with Crippen LogP contribution in [0, 0.1) is 5.82 Å². The van der Waals surface area contributed by atoms with Gasteiger partial charge >= 0.3 is 5.97 Å². The van der Waals surface area contributed by atoms with E-state index < -0.39 is 11.8 Å². The van der Waals surface area contributed by atoms with Crippen LogP contribution in [0.5, 0.6) is 17.4 Å². The van der Waals surface area contributed by atoms with E-state index in [2.05, 4.69) is 9.97 Å². The number of aromatic nitrogens is 2. The number of carboxylic acids is 1. The number of hydrogen-bond acceptors (Lipinski definition) is 6. The molecule has 0 unspecified atom stereocenters. The van der Waals surface area contributed by atoms with Gasteiger partial charge in [0.05, 0.1) is 13.3 Å². The molecule has 0 spiro atoms. The molecule has 0 radical (unpaired) electrons. The minimum absolute atomic E-state index is 0.00699. The zero-order valence-electron chi connectivity index (χ0n) is 19.7. The molecule has 0 aliphatic heterocycles. The van der Waals surface area contributed by atoms with E-state index in [0.29, 0.717) is 29.3 Å². The summed E-state index contributed by atoms with van der Waals surface area (Å²) in [5.41, 5.74) is 2.01. The molecule has 1 saturated carbocycles. The number of rotatable bonds is 10. The van der Waals surface area contributed by atoms with Crippen LogP contribution in [0.4, 0.5) is 4.39 Å². The maximum absolute atomic E-state index is 14.7. The van der Waals surface area contributed by atoms with Gasteiger partial charge in [0, 0.05) is 12.0 Å². The van der Waals surface area contributed by atoms with Crippen molar-refractivity contribution in [1.29, 1.82) is 0 Å². The molecular formula is C27H29FN2O5. The number of halogens is 1. The highest BCUT2D eigenvalue weighted by Crippen LogP contribution is 2.33. The van der Waals surface area contributed by atoms with E-state index >= 15 is 0 Å². The van der Waals surface area contributed by atoms with Gasteiger partial charge in [0.2, 0.25) is 5.88 Å². The molecule has 35 heavy (non-hydrogen) atoms. The van der Waals surface area contributed by atoms with Crippen molar-refractivity contribution in [1.82, 2.24) is 9.97 Å². The van der Waals surface area contributed by atoms with Crippen LogP contribution in [-0.2, 0) is 17.8 Å². The summed E-state index contributed by atoms with van der Waals surface area (Å²) in [6.45, 7) is 0.136. The Labute approximate surface area is 203 Å². The highest BCUT2D eigenvalue weighted by Gasteiger charge is 2.21. The average Bonchev–Trinajstić information content (AvgIpc) is 2.88. The van der Waals surface area contributed by atoms with E-state index in [0.717, 1.165) is 31.2 Å². The van der Waals surface area contributed by atoms with Gasteiger partial charge in [-0.3, -0.25) is 4.79 Å². The summed E-state index contributed by atoms with van der Waals surface area (Å²) in [5, 5.41) is 8.90. The Kier molecular flexibility index (Phi) is 8.13. The van der Waals surface area contributed by atoms with Crippen molar-refractivity contribution in [3.63, 3.8) is 0 Å². The maximum Gasteiger partial charge on any atom is 0.303 e. The number of aryl methyl sites for hydroxylation is 1. The van der Waals surface area contributed by atoms with E-state index in [1.165, 1.54) is 19.6 Å². The molecule has 1 aliphatic carbocycles. The van der Waals surface area contributed by atoms with Crippen molar-refractivity contribution in [3.8, 4) is 28.6 Å². The number of benzene rings is 2. The van der Waals surface area contributed by atoms with Crippen LogP contribution in [0.25, 0.3) is 11.3 Å². The number of methoxy groups -OCH3 is 1. The fourth-order valence-corrected chi connectivity index (χ4v) is 4.10. The van der Waals surface area contributed by atoms with Crippen molar-refractivity contribution in [3.05, 3.63) is 65.7 Å². The second-order valence-electron chi connectivity index (χ2n) is 8.57. The zero-order chi connectivity index (χ0) is 24.6. The Morgan fingerprint density at radius 3 is 2.71 bits per heavy atom. The molecule has 0 saturated heterocycles. The van der Waals surface area contributed by atoms with Crippen molar-refractivity contribution in [2.24, 2.45) is 0 Å². The maximum atomic E-state index is 14.7. The van der Waals surface area contributed by atoms with Gasteiger partial charge in [0.25, 0.3) is 0 Å². The first-order chi connectivity index (χ1) is 17.0. The third kappa shape index (κ3) is 6.68. The topological polar surface area (TPSA) is 90.8 Å². The molecule has 3 aromatic rings. The van der Waals surface area contributed by atoms with Gasteiger partial charge in [0.1, 0.15) is 41.4 Å². The number of ether oxygens (including phenoxy) is 3. The first kappa shape index (κ1) is 24.4. The Bertz CT molecular complexity index is 1160. The first-order valence-electron chi connectivity index (χ1n) is 11.8. The van der Waals surface area contributed by atoms with E-state index in [9.17, 15) is 9.18 Å². The van der Waals surface area contributed by atoms with Crippen LogP contribution < -0.4 is 14.2 Å². The standard InChI is InChI=1S/C27H29FN2O5/c1-33-21-11-12-24(28)23(15-21)26-27(35-20-7-3-2-4-8-20)30-19(16-29-26)17-34-22-9-5-6-18(14-22)10-13-25(31)32/h5-6,9,11-12,14-16,20H,2-4,7-8,10,13,17H2,1H3,(H,31,32). The lowest BCUT2D eigenvalue weighted by atomic mass is 9.98. The summed E-state index contributed by atoms with van der Waals surface area (Å²) < 4.78 is 32.1. The summed E-state index contributed by atoms with van der Waals surface area (Å²) in [6, 6.07) is 11.8. The lowest BCUT2D eigenvalue weighted by molar-refractivity contribution is -0.136. The van der Waals surface area contributed by atoms with Crippen LogP contribution in [0.1, 0.15) is 49.8 Å². The molecule has 2 aromatic carbocycles. The van der Waals surface area contributed by atoms with Gasteiger partial charge in [0.15, 0.2) is 0 Å². The van der Waals surface area contributed by atoms with Crippen LogP contribution in [-0.4, -0.2) is 34.3 Å². The quantitative estimate of drug-likeness (QED) is 0.404. The van der Waals surface area contributed by atoms with E-state index in [-0.39, 0.29) is 30.6 Å². The van der Waals surface area contributed by atoms with Crippen LogP contribution >= 0.6 is 0 Å². The fourth-order valence-electron chi connectivity index (χ4n) is 4.10. The van der Waals surface area contributed by atoms with Gasteiger partial charge in [-0.1, -0.05) is 18.6 Å². The molecule has 1 fully saturated rings. The van der Waals surface area contributed by atoms with E-state index in [1.54, 1.807) is 24.4 Å².